The number of nitrogens with zero attached hydrogens (tertiary/aromatic N) is 3. The maximum Gasteiger partial charge on any atom is 0.274 e. The third kappa shape index (κ3) is 4.03. The fourth-order valence-corrected chi connectivity index (χ4v) is 2.71. The van der Waals surface area contributed by atoms with Crippen LogP contribution in [0.2, 0.25) is 0 Å². The zero-order chi connectivity index (χ0) is 16.1. The third-order valence-corrected chi connectivity index (χ3v) is 3.90. The normalized spacial score (nSPS) is 15.1. The molecular weight excluding hydrogens is 295 g/mol. The van der Waals surface area contributed by atoms with Crippen molar-refractivity contribution in [3.05, 3.63) is 48.2 Å². The van der Waals surface area contributed by atoms with Crippen LogP contribution in [0.4, 0.5) is 15.9 Å². The number of benzene rings is 1. The van der Waals surface area contributed by atoms with Crippen LogP contribution >= 0.6 is 0 Å². The summed E-state index contributed by atoms with van der Waals surface area (Å²) in [6.07, 6.45) is 6.13. The molecule has 0 atom stereocenters. The van der Waals surface area contributed by atoms with Gasteiger partial charge < -0.3 is 10.2 Å². The average Bonchev–Trinajstić information content (AvgIpc) is 2.84. The minimum atomic E-state index is -0.393. The van der Waals surface area contributed by atoms with Gasteiger partial charge in [0.2, 0.25) is 0 Å². The lowest BCUT2D eigenvalue weighted by molar-refractivity contribution is 0.102. The van der Waals surface area contributed by atoms with Crippen molar-refractivity contribution in [2.45, 2.75) is 25.7 Å². The van der Waals surface area contributed by atoms with Gasteiger partial charge in [-0.05, 0) is 31.0 Å². The largest absolute Gasteiger partial charge is 0.357 e. The number of carbonyl (C=O) groups excluding carboxylic acids is 1. The van der Waals surface area contributed by atoms with E-state index in [2.05, 4.69) is 20.2 Å². The molecule has 1 aliphatic rings. The summed E-state index contributed by atoms with van der Waals surface area (Å²) in [6, 6.07) is 7.48. The fraction of sp³-hybridized carbons (Fsp3) is 0.353. The molecule has 0 radical (unpaired) electrons. The summed E-state index contributed by atoms with van der Waals surface area (Å²) in [4.78, 5) is 22.8. The lowest BCUT2D eigenvalue weighted by atomic mass is 10.2. The van der Waals surface area contributed by atoms with Gasteiger partial charge in [-0.25, -0.2) is 14.4 Å². The van der Waals surface area contributed by atoms with Gasteiger partial charge in [-0.2, -0.15) is 0 Å². The van der Waals surface area contributed by atoms with Crippen LogP contribution in [-0.4, -0.2) is 29.0 Å². The SMILES string of the molecule is O=C(Nc1cccc(F)c1)c1cc(N2CCCCCC2)ncn1. The number of aromatic nitrogens is 2. The molecule has 2 aromatic rings. The Morgan fingerprint density at radius 2 is 1.87 bits per heavy atom. The topological polar surface area (TPSA) is 58.1 Å². The molecule has 3 rings (SSSR count). The van der Waals surface area contributed by atoms with Crippen molar-refractivity contribution in [2.75, 3.05) is 23.3 Å². The number of amides is 1. The van der Waals surface area contributed by atoms with Gasteiger partial charge in [0, 0.05) is 24.8 Å². The number of hydrogen-bond acceptors (Lipinski definition) is 4. The molecule has 0 saturated carbocycles. The highest BCUT2D eigenvalue weighted by molar-refractivity contribution is 6.03. The monoisotopic (exact) mass is 314 g/mol. The van der Waals surface area contributed by atoms with Crippen LogP contribution in [0.15, 0.2) is 36.7 Å². The number of carbonyl (C=O) groups is 1. The molecule has 2 heterocycles. The van der Waals surface area contributed by atoms with Crippen LogP contribution in [-0.2, 0) is 0 Å². The van der Waals surface area contributed by atoms with Crippen molar-refractivity contribution in [2.24, 2.45) is 0 Å². The molecule has 0 bridgehead atoms. The van der Waals surface area contributed by atoms with Gasteiger partial charge in [0.1, 0.15) is 23.7 Å². The van der Waals surface area contributed by atoms with Crippen molar-refractivity contribution in [1.82, 2.24) is 9.97 Å². The molecule has 120 valence electrons. The molecule has 5 nitrogen and oxygen atoms in total. The lowest BCUT2D eigenvalue weighted by Gasteiger charge is -2.21. The molecule has 1 aromatic heterocycles. The first-order chi connectivity index (χ1) is 11.2. The molecule has 1 N–H and O–H groups in total. The Hall–Kier alpha value is -2.50. The van der Waals surface area contributed by atoms with Gasteiger partial charge in [-0.15, -0.1) is 0 Å². The summed E-state index contributed by atoms with van der Waals surface area (Å²) in [7, 11) is 0. The summed E-state index contributed by atoms with van der Waals surface area (Å²) in [5.41, 5.74) is 0.688. The van der Waals surface area contributed by atoms with E-state index in [1.54, 1.807) is 18.2 Å². The summed E-state index contributed by atoms with van der Waals surface area (Å²) in [5, 5.41) is 2.65. The lowest BCUT2D eigenvalue weighted by Crippen LogP contribution is -2.25. The zero-order valence-electron chi connectivity index (χ0n) is 12.8. The van der Waals surface area contributed by atoms with E-state index >= 15 is 0 Å². The Morgan fingerprint density at radius 3 is 2.61 bits per heavy atom. The molecule has 1 saturated heterocycles. The summed E-state index contributed by atoms with van der Waals surface area (Å²) in [6.45, 7) is 1.89. The second-order valence-electron chi connectivity index (χ2n) is 5.63. The van der Waals surface area contributed by atoms with Crippen LogP contribution in [0.3, 0.4) is 0 Å². The first kappa shape index (κ1) is 15.4. The molecule has 1 aliphatic heterocycles. The van der Waals surface area contributed by atoms with E-state index in [0.717, 1.165) is 31.7 Å². The number of halogens is 1. The Balaban J connectivity index is 1.74. The van der Waals surface area contributed by atoms with E-state index in [1.165, 1.54) is 31.3 Å². The molecule has 6 heteroatoms. The molecule has 0 unspecified atom stereocenters. The summed E-state index contributed by atoms with van der Waals surface area (Å²) in [5.74, 6) is 0.0103. The fourth-order valence-electron chi connectivity index (χ4n) is 2.71. The quantitative estimate of drug-likeness (QED) is 0.945. The first-order valence-electron chi connectivity index (χ1n) is 7.86. The van der Waals surface area contributed by atoms with E-state index in [-0.39, 0.29) is 11.6 Å². The van der Waals surface area contributed by atoms with Crippen LogP contribution in [0.5, 0.6) is 0 Å². The molecule has 0 aliphatic carbocycles. The molecule has 1 fully saturated rings. The van der Waals surface area contributed by atoms with E-state index in [9.17, 15) is 9.18 Å². The zero-order valence-corrected chi connectivity index (χ0v) is 12.8. The Labute approximate surface area is 134 Å². The highest BCUT2D eigenvalue weighted by atomic mass is 19.1. The van der Waals surface area contributed by atoms with Gasteiger partial charge in [0.15, 0.2) is 0 Å². The van der Waals surface area contributed by atoms with E-state index in [4.69, 9.17) is 0 Å². The van der Waals surface area contributed by atoms with Crippen molar-refractivity contribution < 1.29 is 9.18 Å². The minimum Gasteiger partial charge on any atom is -0.357 e. The van der Waals surface area contributed by atoms with Crippen molar-refractivity contribution in [3.63, 3.8) is 0 Å². The second kappa shape index (κ2) is 7.17. The number of anilines is 2. The summed E-state index contributed by atoms with van der Waals surface area (Å²) >= 11 is 0. The van der Waals surface area contributed by atoms with Crippen LogP contribution in [0.1, 0.15) is 36.2 Å². The van der Waals surface area contributed by atoms with Gasteiger partial charge in [-0.3, -0.25) is 4.79 Å². The van der Waals surface area contributed by atoms with Gasteiger partial charge in [0.05, 0.1) is 0 Å². The number of hydrogen-bond donors (Lipinski definition) is 1. The highest BCUT2D eigenvalue weighted by Gasteiger charge is 2.15. The van der Waals surface area contributed by atoms with E-state index in [1.807, 2.05) is 0 Å². The molecule has 1 amide bonds. The third-order valence-electron chi connectivity index (χ3n) is 3.90. The van der Waals surface area contributed by atoms with Crippen LogP contribution in [0.25, 0.3) is 0 Å². The Morgan fingerprint density at radius 1 is 1.09 bits per heavy atom. The molecule has 1 aromatic carbocycles. The minimum absolute atomic E-state index is 0.281. The van der Waals surface area contributed by atoms with Gasteiger partial charge in [0.25, 0.3) is 5.91 Å². The van der Waals surface area contributed by atoms with Gasteiger partial charge >= 0.3 is 0 Å². The smallest absolute Gasteiger partial charge is 0.274 e. The van der Waals surface area contributed by atoms with E-state index in [0.29, 0.717) is 5.69 Å². The standard InChI is InChI=1S/C17H19FN4O/c18-13-6-5-7-14(10-13)21-17(23)15-11-16(20-12-19-15)22-8-3-1-2-4-9-22/h5-7,10-12H,1-4,8-9H2,(H,21,23). The Kier molecular flexibility index (Phi) is 4.80. The molecule has 0 spiro atoms. The summed E-state index contributed by atoms with van der Waals surface area (Å²) < 4.78 is 13.2. The molecule has 23 heavy (non-hydrogen) atoms. The van der Waals surface area contributed by atoms with Crippen LogP contribution < -0.4 is 10.2 Å². The van der Waals surface area contributed by atoms with E-state index < -0.39 is 5.82 Å². The van der Waals surface area contributed by atoms with Crippen LogP contribution in [0, 0.1) is 5.82 Å². The second-order valence-corrected chi connectivity index (χ2v) is 5.63. The molecular formula is C17H19FN4O. The van der Waals surface area contributed by atoms with Crippen molar-refractivity contribution in [3.8, 4) is 0 Å². The predicted molar refractivity (Wildman–Crippen MR) is 87.1 cm³/mol. The highest BCUT2D eigenvalue weighted by Crippen LogP contribution is 2.18. The maximum absolute atomic E-state index is 13.2. The van der Waals surface area contributed by atoms with Crippen molar-refractivity contribution in [1.29, 1.82) is 0 Å². The predicted octanol–water partition coefficient (Wildman–Crippen LogP) is 3.25. The first-order valence-corrected chi connectivity index (χ1v) is 7.86. The van der Waals surface area contributed by atoms with Crippen molar-refractivity contribution >= 4 is 17.4 Å². The maximum atomic E-state index is 13.2. The average molecular weight is 314 g/mol. The van der Waals surface area contributed by atoms with Gasteiger partial charge in [-0.1, -0.05) is 18.9 Å². The number of nitrogens with one attached hydrogen (secondary N) is 1. The Bertz CT molecular complexity index is 684. The number of rotatable bonds is 3.